The second-order valence-electron chi connectivity index (χ2n) is 9.15. The van der Waals surface area contributed by atoms with Gasteiger partial charge in [0.1, 0.15) is 6.04 Å². The van der Waals surface area contributed by atoms with Crippen LogP contribution in [-0.4, -0.2) is 78.5 Å². The molecule has 0 aliphatic carbocycles. The van der Waals surface area contributed by atoms with Crippen molar-refractivity contribution in [2.45, 2.75) is 50.9 Å². The first kappa shape index (κ1) is 21.2. The Labute approximate surface area is 188 Å². The highest BCUT2D eigenvalue weighted by Gasteiger charge is 2.44. The van der Waals surface area contributed by atoms with Crippen LogP contribution in [0.15, 0.2) is 30.5 Å². The molecule has 4 aliphatic heterocycles. The number of carbonyl (C=O) groups excluding carboxylic acids is 3. The first-order valence-corrected chi connectivity index (χ1v) is 11.6. The van der Waals surface area contributed by atoms with Gasteiger partial charge in [-0.2, -0.15) is 0 Å². The van der Waals surface area contributed by atoms with Crippen LogP contribution >= 0.6 is 0 Å². The summed E-state index contributed by atoms with van der Waals surface area (Å²) in [5.74, 6) is -1.13. The van der Waals surface area contributed by atoms with E-state index in [-0.39, 0.29) is 12.0 Å². The minimum Gasteiger partial charge on any atom is -0.371 e. The van der Waals surface area contributed by atoms with Crippen LogP contribution in [0.2, 0.25) is 0 Å². The van der Waals surface area contributed by atoms with Crippen LogP contribution in [0.25, 0.3) is 0 Å². The Balaban J connectivity index is 1.21. The molecule has 1 atom stereocenters. The van der Waals surface area contributed by atoms with Gasteiger partial charge >= 0.3 is 0 Å². The highest BCUT2D eigenvalue weighted by atomic mass is 16.5. The van der Waals surface area contributed by atoms with E-state index >= 15 is 0 Å². The SMILES string of the molecule is C=C1CCC(N2C(=O)c3ccc(N4CC(OC5CCN(CC)CC5)C4)cc3C2=O)C(=O)N1. The number of likely N-dealkylation sites (tertiary alicyclic amines) is 1. The van der Waals surface area contributed by atoms with Gasteiger partial charge in [-0.05, 0) is 50.4 Å². The molecular weight excluding hydrogens is 408 g/mol. The number of fused-ring (bicyclic) bond motifs is 1. The molecule has 8 heteroatoms. The quantitative estimate of drug-likeness (QED) is 0.706. The van der Waals surface area contributed by atoms with Crippen molar-refractivity contribution in [2.75, 3.05) is 37.6 Å². The molecule has 170 valence electrons. The van der Waals surface area contributed by atoms with Crippen LogP contribution in [0.4, 0.5) is 5.69 Å². The zero-order chi connectivity index (χ0) is 22.4. The number of ether oxygens (including phenoxy) is 1. The van der Waals surface area contributed by atoms with E-state index in [9.17, 15) is 14.4 Å². The molecule has 0 bridgehead atoms. The summed E-state index contributed by atoms with van der Waals surface area (Å²) in [6, 6.07) is 4.59. The normalized spacial score (nSPS) is 25.2. The Bertz CT molecular complexity index is 963. The zero-order valence-corrected chi connectivity index (χ0v) is 18.5. The van der Waals surface area contributed by atoms with Crippen molar-refractivity contribution in [3.8, 4) is 0 Å². The number of hydrogen-bond acceptors (Lipinski definition) is 6. The number of amides is 3. The molecule has 3 amide bonds. The summed E-state index contributed by atoms with van der Waals surface area (Å²) < 4.78 is 6.27. The van der Waals surface area contributed by atoms with Crippen LogP contribution in [0.1, 0.15) is 53.3 Å². The summed E-state index contributed by atoms with van der Waals surface area (Å²) in [7, 11) is 0. The van der Waals surface area contributed by atoms with Crippen LogP contribution in [0, 0.1) is 0 Å². The first-order valence-electron chi connectivity index (χ1n) is 11.6. The third-order valence-electron chi connectivity index (χ3n) is 7.12. The van der Waals surface area contributed by atoms with Gasteiger partial charge in [0.25, 0.3) is 11.8 Å². The molecule has 4 aliphatic rings. The second kappa shape index (κ2) is 8.33. The van der Waals surface area contributed by atoms with Crippen LogP contribution < -0.4 is 10.2 Å². The summed E-state index contributed by atoms with van der Waals surface area (Å²) in [6.45, 7) is 10.8. The first-order chi connectivity index (χ1) is 15.4. The van der Waals surface area contributed by atoms with E-state index in [1.807, 2.05) is 6.07 Å². The average Bonchev–Trinajstić information content (AvgIpc) is 3.01. The largest absolute Gasteiger partial charge is 0.371 e. The molecular formula is C24H30N4O4. The Kier molecular flexibility index (Phi) is 5.51. The van der Waals surface area contributed by atoms with Crippen molar-refractivity contribution in [1.29, 1.82) is 0 Å². The topological polar surface area (TPSA) is 82.2 Å². The fourth-order valence-corrected chi connectivity index (χ4v) is 5.10. The van der Waals surface area contributed by atoms with E-state index in [1.165, 1.54) is 0 Å². The monoisotopic (exact) mass is 438 g/mol. The molecule has 0 aromatic heterocycles. The number of nitrogens with one attached hydrogen (secondary N) is 1. The van der Waals surface area contributed by atoms with Crippen molar-refractivity contribution in [2.24, 2.45) is 0 Å². The van der Waals surface area contributed by atoms with Crippen molar-refractivity contribution in [3.63, 3.8) is 0 Å². The molecule has 0 spiro atoms. The Hall–Kier alpha value is -2.71. The number of piperidine rings is 2. The molecule has 0 radical (unpaired) electrons. The zero-order valence-electron chi connectivity index (χ0n) is 18.5. The molecule has 1 aromatic rings. The Morgan fingerprint density at radius 1 is 1.03 bits per heavy atom. The number of nitrogens with zero attached hydrogens (tertiary/aromatic N) is 3. The van der Waals surface area contributed by atoms with Crippen LogP contribution in [0.5, 0.6) is 0 Å². The molecule has 0 saturated carbocycles. The van der Waals surface area contributed by atoms with Crippen molar-refractivity contribution >= 4 is 23.4 Å². The number of hydrogen-bond donors (Lipinski definition) is 1. The third kappa shape index (κ3) is 3.71. The number of allylic oxidation sites excluding steroid dienone is 1. The summed E-state index contributed by atoms with van der Waals surface area (Å²) in [4.78, 5) is 44.0. The van der Waals surface area contributed by atoms with Crippen LogP contribution in [-0.2, 0) is 9.53 Å². The lowest BCUT2D eigenvalue weighted by atomic mass is 10.0. The molecule has 32 heavy (non-hydrogen) atoms. The number of imide groups is 1. The highest BCUT2D eigenvalue weighted by Crippen LogP contribution is 2.33. The molecule has 4 heterocycles. The van der Waals surface area contributed by atoms with Gasteiger partial charge in [-0.3, -0.25) is 19.3 Å². The Morgan fingerprint density at radius 2 is 1.75 bits per heavy atom. The van der Waals surface area contributed by atoms with Crippen LogP contribution in [0.3, 0.4) is 0 Å². The highest BCUT2D eigenvalue weighted by molar-refractivity contribution is 6.23. The molecule has 1 aromatic carbocycles. The second-order valence-corrected chi connectivity index (χ2v) is 9.15. The fourth-order valence-electron chi connectivity index (χ4n) is 5.10. The smallest absolute Gasteiger partial charge is 0.262 e. The van der Waals surface area contributed by atoms with Gasteiger partial charge in [0.05, 0.1) is 23.3 Å². The van der Waals surface area contributed by atoms with E-state index in [1.54, 1.807) is 12.1 Å². The van der Waals surface area contributed by atoms with Gasteiger partial charge in [-0.25, -0.2) is 0 Å². The number of benzene rings is 1. The van der Waals surface area contributed by atoms with Gasteiger partial charge in [-0.1, -0.05) is 13.5 Å². The van der Waals surface area contributed by atoms with Gasteiger partial charge in [0, 0.05) is 37.6 Å². The Morgan fingerprint density at radius 3 is 2.44 bits per heavy atom. The van der Waals surface area contributed by atoms with E-state index in [4.69, 9.17) is 4.74 Å². The lowest BCUT2D eigenvalue weighted by Gasteiger charge is -2.43. The van der Waals surface area contributed by atoms with E-state index < -0.39 is 17.9 Å². The van der Waals surface area contributed by atoms with Gasteiger partial charge in [0.15, 0.2) is 0 Å². The standard InChI is InChI=1S/C24H30N4O4/c1-3-26-10-8-17(9-11-26)32-18-13-27(14-18)16-5-6-19-20(12-16)24(31)28(23(19)30)21-7-4-15(2)25-22(21)29/h5-6,12,17-18,21H,2-4,7-11,13-14H2,1H3,(H,25,29). The van der Waals surface area contributed by atoms with Gasteiger partial charge < -0.3 is 19.9 Å². The summed E-state index contributed by atoms with van der Waals surface area (Å²) >= 11 is 0. The van der Waals surface area contributed by atoms with Gasteiger partial charge in [0.2, 0.25) is 5.91 Å². The minimum absolute atomic E-state index is 0.203. The summed E-state index contributed by atoms with van der Waals surface area (Å²) in [6.07, 6.45) is 3.66. The van der Waals surface area contributed by atoms with Crippen molar-refractivity contribution in [1.82, 2.24) is 15.1 Å². The predicted molar refractivity (Wildman–Crippen MR) is 119 cm³/mol. The average molecular weight is 439 g/mol. The van der Waals surface area contributed by atoms with E-state index in [2.05, 4.69) is 28.6 Å². The maximum Gasteiger partial charge on any atom is 0.262 e. The van der Waals surface area contributed by atoms with E-state index in [0.29, 0.717) is 35.8 Å². The third-order valence-corrected chi connectivity index (χ3v) is 7.12. The van der Waals surface area contributed by atoms with Crippen molar-refractivity contribution < 1.29 is 19.1 Å². The number of rotatable bonds is 5. The molecule has 8 nitrogen and oxygen atoms in total. The lowest BCUT2D eigenvalue weighted by Crippen LogP contribution is -2.54. The lowest BCUT2D eigenvalue weighted by molar-refractivity contribution is -0.125. The molecule has 1 N–H and O–H groups in total. The van der Waals surface area contributed by atoms with Gasteiger partial charge in [-0.15, -0.1) is 0 Å². The molecule has 1 unspecified atom stereocenters. The molecule has 3 saturated heterocycles. The molecule has 5 rings (SSSR count). The van der Waals surface area contributed by atoms with Crippen molar-refractivity contribution in [3.05, 3.63) is 41.6 Å². The fraction of sp³-hybridized carbons (Fsp3) is 0.542. The minimum atomic E-state index is -0.780. The van der Waals surface area contributed by atoms with E-state index in [0.717, 1.165) is 56.2 Å². The summed E-state index contributed by atoms with van der Waals surface area (Å²) in [5.41, 5.74) is 2.28. The molecule has 3 fully saturated rings. The maximum atomic E-state index is 13.0. The number of carbonyl (C=O) groups is 3. The predicted octanol–water partition coefficient (Wildman–Crippen LogP) is 1.76. The summed E-state index contributed by atoms with van der Waals surface area (Å²) in [5, 5.41) is 2.66. The number of anilines is 1. The maximum absolute atomic E-state index is 13.0.